The first-order valence-corrected chi connectivity index (χ1v) is 5.77. The predicted octanol–water partition coefficient (Wildman–Crippen LogP) is 2.64. The number of hydrogen-bond acceptors (Lipinski definition) is 2. The third kappa shape index (κ3) is 4.10. The summed E-state index contributed by atoms with van der Waals surface area (Å²) in [5, 5.41) is 1.97. The van der Waals surface area contributed by atoms with Crippen molar-refractivity contribution < 1.29 is 0 Å². The molecule has 0 saturated carbocycles. The minimum atomic E-state index is 0.846. The normalized spacial score (nSPS) is 29.3. The van der Waals surface area contributed by atoms with E-state index in [0.29, 0.717) is 0 Å². The molecule has 0 spiro atoms. The van der Waals surface area contributed by atoms with Crippen molar-refractivity contribution in [2.45, 2.75) is 47.0 Å². The van der Waals surface area contributed by atoms with Crippen LogP contribution < -0.4 is 5.84 Å². The van der Waals surface area contributed by atoms with Crippen LogP contribution in [0.2, 0.25) is 0 Å². The number of hydrazine groups is 1. The fraction of sp³-hybridized carbons (Fsp3) is 1.00. The van der Waals surface area contributed by atoms with Gasteiger partial charge in [0.1, 0.15) is 0 Å². The number of hydrogen-bond donors (Lipinski definition) is 1. The molecular weight excluding hydrogens is 160 g/mol. The van der Waals surface area contributed by atoms with Gasteiger partial charge in [0, 0.05) is 13.1 Å². The molecule has 0 bridgehead atoms. The summed E-state index contributed by atoms with van der Waals surface area (Å²) in [5.41, 5.74) is 0. The second-order valence-corrected chi connectivity index (χ2v) is 3.62. The molecule has 0 aromatic rings. The Bertz CT molecular complexity index is 115. The maximum absolute atomic E-state index is 5.75. The summed E-state index contributed by atoms with van der Waals surface area (Å²) >= 11 is 0. The zero-order chi connectivity index (χ0) is 10.3. The molecule has 0 aromatic heterocycles. The van der Waals surface area contributed by atoms with Crippen LogP contribution in [0.15, 0.2) is 0 Å². The number of piperidine rings is 1. The zero-order valence-electron chi connectivity index (χ0n) is 9.71. The van der Waals surface area contributed by atoms with Gasteiger partial charge in [0.05, 0.1) is 0 Å². The Balaban J connectivity index is 0.000000671. The van der Waals surface area contributed by atoms with E-state index < -0.39 is 0 Å². The molecule has 0 radical (unpaired) electrons. The monoisotopic (exact) mass is 186 g/mol. The molecule has 2 heteroatoms. The molecule has 0 aromatic carbocycles. The lowest BCUT2D eigenvalue weighted by Crippen LogP contribution is -2.44. The van der Waals surface area contributed by atoms with E-state index in [9.17, 15) is 0 Å². The van der Waals surface area contributed by atoms with Crippen LogP contribution in [0.1, 0.15) is 47.0 Å². The molecule has 0 amide bonds. The Morgan fingerprint density at radius 2 is 1.69 bits per heavy atom. The van der Waals surface area contributed by atoms with E-state index in [2.05, 4.69) is 13.8 Å². The average molecular weight is 186 g/mol. The largest absolute Gasteiger partial charge is 0.269 e. The van der Waals surface area contributed by atoms with Gasteiger partial charge in [-0.1, -0.05) is 40.5 Å². The summed E-state index contributed by atoms with van der Waals surface area (Å²) in [5.74, 6) is 7.53. The standard InChI is InChI=1S/C9H20N2.C2H6/c1-3-8-5-6-11(10)7-9(8)4-2;1-2/h8-9H,3-7,10H2,1-2H3;1-2H3. The van der Waals surface area contributed by atoms with E-state index >= 15 is 0 Å². The molecule has 1 aliphatic heterocycles. The van der Waals surface area contributed by atoms with Crippen LogP contribution in [0, 0.1) is 11.8 Å². The molecule has 1 aliphatic rings. The second-order valence-electron chi connectivity index (χ2n) is 3.62. The molecule has 2 unspecified atom stereocenters. The van der Waals surface area contributed by atoms with Crippen LogP contribution in [0.3, 0.4) is 0 Å². The van der Waals surface area contributed by atoms with E-state index in [1.165, 1.54) is 19.3 Å². The van der Waals surface area contributed by atoms with E-state index in [4.69, 9.17) is 5.84 Å². The first kappa shape index (κ1) is 12.9. The van der Waals surface area contributed by atoms with Gasteiger partial charge < -0.3 is 0 Å². The lowest BCUT2D eigenvalue weighted by Gasteiger charge is -2.35. The molecule has 2 N–H and O–H groups in total. The van der Waals surface area contributed by atoms with Crippen molar-refractivity contribution in [3.8, 4) is 0 Å². The maximum atomic E-state index is 5.75. The Morgan fingerprint density at radius 3 is 2.15 bits per heavy atom. The van der Waals surface area contributed by atoms with Gasteiger partial charge >= 0.3 is 0 Å². The first-order valence-electron chi connectivity index (χ1n) is 5.77. The third-order valence-corrected chi connectivity index (χ3v) is 2.97. The molecule has 0 aliphatic carbocycles. The SMILES string of the molecule is CC.CCC1CCN(N)CC1CC. The maximum Gasteiger partial charge on any atom is 0.0159 e. The molecule has 1 heterocycles. The van der Waals surface area contributed by atoms with E-state index in [-0.39, 0.29) is 0 Å². The van der Waals surface area contributed by atoms with Crippen LogP contribution in [-0.4, -0.2) is 18.1 Å². The van der Waals surface area contributed by atoms with Gasteiger partial charge in [-0.25, -0.2) is 5.01 Å². The molecular formula is C11H26N2. The Hall–Kier alpha value is -0.0800. The van der Waals surface area contributed by atoms with E-state index in [0.717, 1.165) is 24.9 Å². The average Bonchev–Trinajstić information content (AvgIpc) is 2.20. The van der Waals surface area contributed by atoms with Crippen molar-refractivity contribution >= 4 is 0 Å². The summed E-state index contributed by atoms with van der Waals surface area (Å²) in [6.45, 7) is 10.8. The number of nitrogens with two attached hydrogens (primary N) is 1. The van der Waals surface area contributed by atoms with Gasteiger partial charge in [0.25, 0.3) is 0 Å². The van der Waals surface area contributed by atoms with Gasteiger partial charge in [-0.3, -0.25) is 5.84 Å². The second kappa shape index (κ2) is 7.34. The van der Waals surface area contributed by atoms with Crippen LogP contribution in [0.4, 0.5) is 0 Å². The highest BCUT2D eigenvalue weighted by atomic mass is 15.4. The predicted molar refractivity (Wildman–Crippen MR) is 59.3 cm³/mol. The minimum Gasteiger partial charge on any atom is -0.269 e. The first-order chi connectivity index (χ1) is 6.27. The summed E-state index contributed by atoms with van der Waals surface area (Å²) in [7, 11) is 0. The summed E-state index contributed by atoms with van der Waals surface area (Å²) in [6.07, 6.45) is 3.91. The topological polar surface area (TPSA) is 29.3 Å². The highest BCUT2D eigenvalue weighted by molar-refractivity contribution is 4.76. The van der Waals surface area contributed by atoms with Crippen LogP contribution in [-0.2, 0) is 0 Å². The van der Waals surface area contributed by atoms with E-state index in [1.54, 1.807) is 0 Å². The van der Waals surface area contributed by atoms with Crippen molar-refractivity contribution in [1.29, 1.82) is 0 Å². The van der Waals surface area contributed by atoms with Crippen LogP contribution in [0.25, 0.3) is 0 Å². The lowest BCUT2D eigenvalue weighted by atomic mass is 9.83. The zero-order valence-corrected chi connectivity index (χ0v) is 9.71. The number of rotatable bonds is 2. The molecule has 80 valence electrons. The minimum absolute atomic E-state index is 0.846. The molecule has 2 nitrogen and oxygen atoms in total. The van der Waals surface area contributed by atoms with Crippen molar-refractivity contribution in [3.63, 3.8) is 0 Å². The molecule has 2 atom stereocenters. The van der Waals surface area contributed by atoms with Crippen LogP contribution >= 0.6 is 0 Å². The van der Waals surface area contributed by atoms with Crippen LogP contribution in [0.5, 0.6) is 0 Å². The fourth-order valence-corrected chi connectivity index (χ4v) is 2.11. The lowest BCUT2D eigenvalue weighted by molar-refractivity contribution is 0.114. The van der Waals surface area contributed by atoms with Gasteiger partial charge in [0.15, 0.2) is 0 Å². The highest BCUT2D eigenvalue weighted by Gasteiger charge is 2.24. The van der Waals surface area contributed by atoms with Crippen molar-refractivity contribution in [2.24, 2.45) is 17.7 Å². The Kier molecular flexibility index (Phi) is 7.29. The smallest absolute Gasteiger partial charge is 0.0159 e. The molecule has 13 heavy (non-hydrogen) atoms. The molecule has 1 saturated heterocycles. The quantitative estimate of drug-likeness (QED) is 0.672. The highest BCUT2D eigenvalue weighted by Crippen LogP contribution is 2.26. The fourth-order valence-electron chi connectivity index (χ4n) is 2.11. The van der Waals surface area contributed by atoms with E-state index in [1.807, 2.05) is 18.9 Å². The number of nitrogens with zero attached hydrogens (tertiary/aromatic N) is 1. The summed E-state index contributed by atoms with van der Waals surface area (Å²) < 4.78 is 0. The molecule has 1 fully saturated rings. The Labute approximate surface area is 83.5 Å². The van der Waals surface area contributed by atoms with Crippen molar-refractivity contribution in [1.82, 2.24) is 5.01 Å². The van der Waals surface area contributed by atoms with Gasteiger partial charge in [-0.2, -0.15) is 0 Å². The van der Waals surface area contributed by atoms with Gasteiger partial charge in [0.2, 0.25) is 0 Å². The molecule has 1 rings (SSSR count). The van der Waals surface area contributed by atoms with Crippen molar-refractivity contribution in [2.75, 3.05) is 13.1 Å². The van der Waals surface area contributed by atoms with Crippen molar-refractivity contribution in [3.05, 3.63) is 0 Å². The summed E-state index contributed by atoms with van der Waals surface area (Å²) in [4.78, 5) is 0. The third-order valence-electron chi connectivity index (χ3n) is 2.97. The Morgan fingerprint density at radius 1 is 1.15 bits per heavy atom. The summed E-state index contributed by atoms with van der Waals surface area (Å²) in [6, 6.07) is 0. The van der Waals surface area contributed by atoms with Gasteiger partial charge in [-0.15, -0.1) is 0 Å². The van der Waals surface area contributed by atoms with Gasteiger partial charge in [-0.05, 0) is 18.3 Å².